The smallest absolute Gasteiger partial charge is 0.312 e. The molecule has 1 aliphatic heterocycles. The molecule has 300 valence electrons. The number of amides is 6. The molecule has 0 fully saturated rings. The molecule has 2 atom stereocenters. The second kappa shape index (κ2) is 22.9. The Morgan fingerprint density at radius 2 is 1.40 bits per heavy atom. The molecule has 6 N–H and O–H groups in total. The molecule has 0 bridgehead atoms. The quantitative estimate of drug-likeness (QED) is 0.0730. The molecular formula is C39H53N5O11. The van der Waals surface area contributed by atoms with Crippen molar-refractivity contribution in [3.63, 3.8) is 0 Å². The van der Waals surface area contributed by atoms with Crippen LogP contribution in [0.2, 0.25) is 0 Å². The van der Waals surface area contributed by atoms with Crippen LogP contribution in [0, 0.1) is 11.8 Å². The minimum Gasteiger partial charge on any atom is -0.491 e. The number of rotatable bonds is 25. The minimum atomic E-state index is -0.854. The number of urea groups is 1. The van der Waals surface area contributed by atoms with Crippen LogP contribution in [0.15, 0.2) is 59.7 Å². The molecule has 6 amide bonds. The van der Waals surface area contributed by atoms with Crippen molar-refractivity contribution >= 4 is 46.8 Å². The van der Waals surface area contributed by atoms with Crippen LogP contribution in [0.25, 0.3) is 0 Å². The van der Waals surface area contributed by atoms with Crippen LogP contribution in [0.3, 0.4) is 0 Å². The van der Waals surface area contributed by atoms with E-state index in [0.29, 0.717) is 60.1 Å². The summed E-state index contributed by atoms with van der Waals surface area (Å²) in [4.78, 5) is 76.2. The van der Waals surface area contributed by atoms with Gasteiger partial charge in [-0.3, -0.25) is 24.0 Å². The van der Waals surface area contributed by atoms with Gasteiger partial charge in [-0.15, -0.1) is 0 Å². The summed E-state index contributed by atoms with van der Waals surface area (Å²) in [5, 5.41) is 17.3. The van der Waals surface area contributed by atoms with Crippen molar-refractivity contribution in [2.24, 2.45) is 17.6 Å². The fourth-order valence-corrected chi connectivity index (χ4v) is 5.53. The lowest BCUT2D eigenvalue weighted by molar-refractivity contribution is -0.133. The lowest BCUT2D eigenvalue weighted by Gasteiger charge is -2.24. The van der Waals surface area contributed by atoms with Gasteiger partial charge >= 0.3 is 6.03 Å². The third kappa shape index (κ3) is 14.5. The maximum atomic E-state index is 13.4. The highest BCUT2D eigenvalue weighted by Crippen LogP contribution is 2.28. The first-order valence-electron chi connectivity index (χ1n) is 18.2. The van der Waals surface area contributed by atoms with E-state index in [1.165, 1.54) is 0 Å². The highest BCUT2D eigenvalue weighted by atomic mass is 16.6. The number of ketones is 1. The molecule has 0 spiro atoms. The van der Waals surface area contributed by atoms with Gasteiger partial charge in [0.2, 0.25) is 11.8 Å². The highest BCUT2D eigenvalue weighted by Gasteiger charge is 2.34. The summed E-state index contributed by atoms with van der Waals surface area (Å²) >= 11 is 0. The van der Waals surface area contributed by atoms with E-state index in [0.717, 1.165) is 4.90 Å². The molecule has 2 aromatic rings. The predicted octanol–water partition coefficient (Wildman–Crippen LogP) is 2.62. The SMILES string of the molecule is CC1=C(C)C(=O)N(c2ccc(OCCOCCOCCOCC(=O)N[C@H](C(=O)C[C@@H](CCCNC(N)=O)C(=O)Nc3ccc(CO)cc3)C(C)C)cc2)C1=O. The molecule has 1 aliphatic rings. The van der Waals surface area contributed by atoms with Gasteiger partial charge in [0.05, 0.1) is 51.4 Å². The van der Waals surface area contributed by atoms with Crippen LogP contribution in [-0.2, 0) is 44.8 Å². The first-order chi connectivity index (χ1) is 26.3. The van der Waals surface area contributed by atoms with E-state index in [2.05, 4.69) is 16.0 Å². The van der Waals surface area contributed by atoms with E-state index in [1.807, 2.05) is 0 Å². The van der Waals surface area contributed by atoms with Crippen LogP contribution in [0.4, 0.5) is 16.2 Å². The second-order valence-corrected chi connectivity index (χ2v) is 13.2. The number of aliphatic hydroxyl groups is 1. The van der Waals surface area contributed by atoms with Gasteiger partial charge in [-0.25, -0.2) is 9.69 Å². The van der Waals surface area contributed by atoms with Gasteiger partial charge in [-0.1, -0.05) is 26.0 Å². The predicted molar refractivity (Wildman–Crippen MR) is 203 cm³/mol. The summed E-state index contributed by atoms with van der Waals surface area (Å²) in [6.45, 7) is 8.19. The van der Waals surface area contributed by atoms with Gasteiger partial charge in [0.1, 0.15) is 19.0 Å². The molecule has 0 saturated carbocycles. The Morgan fingerprint density at radius 3 is 1.96 bits per heavy atom. The Kier molecular flexibility index (Phi) is 18.4. The lowest BCUT2D eigenvalue weighted by Crippen LogP contribution is -2.47. The molecule has 1 heterocycles. The number of carbonyl (C=O) groups excluding carboxylic acids is 6. The Balaban J connectivity index is 1.31. The van der Waals surface area contributed by atoms with Crippen molar-refractivity contribution in [1.29, 1.82) is 0 Å². The molecular weight excluding hydrogens is 714 g/mol. The number of imide groups is 1. The topological polar surface area (TPSA) is 225 Å². The molecule has 16 heteroatoms. The van der Waals surface area contributed by atoms with Crippen LogP contribution >= 0.6 is 0 Å². The Labute approximate surface area is 321 Å². The molecule has 3 rings (SSSR count). The summed E-state index contributed by atoms with van der Waals surface area (Å²) in [7, 11) is 0. The summed E-state index contributed by atoms with van der Waals surface area (Å²) < 4.78 is 22.1. The zero-order chi connectivity index (χ0) is 40.3. The number of carbonyl (C=O) groups is 6. The van der Waals surface area contributed by atoms with Gasteiger partial charge in [0.15, 0.2) is 5.78 Å². The van der Waals surface area contributed by atoms with Crippen molar-refractivity contribution in [3.05, 3.63) is 65.2 Å². The largest absolute Gasteiger partial charge is 0.491 e. The van der Waals surface area contributed by atoms with Gasteiger partial charge < -0.3 is 45.7 Å². The number of hydrogen-bond donors (Lipinski definition) is 5. The fourth-order valence-electron chi connectivity index (χ4n) is 5.53. The lowest BCUT2D eigenvalue weighted by atomic mass is 9.89. The standard InChI is InChI=1S/C39H53N5O11/c1-25(2)35(33(46)22-29(6-5-15-41-39(40)51)36(48)42-30-9-7-28(23-45)8-10-30)43-34(47)24-54-19-18-52-16-17-53-20-21-55-32-13-11-31(12-14-32)44-37(49)26(3)27(4)38(44)50/h7-14,25,29,35,45H,5-6,15-24H2,1-4H3,(H,42,48)(H,43,47)(H3,40,41,51)/t29-,35+/m1/s1. The maximum absolute atomic E-state index is 13.4. The summed E-state index contributed by atoms with van der Waals surface area (Å²) in [6.07, 6.45) is 0.545. The Morgan fingerprint density at radius 1 is 0.818 bits per heavy atom. The maximum Gasteiger partial charge on any atom is 0.312 e. The van der Waals surface area contributed by atoms with Crippen LogP contribution in [-0.4, -0.2) is 99.4 Å². The number of nitrogens with two attached hydrogens (primary N) is 1. The van der Waals surface area contributed by atoms with Crippen molar-refractivity contribution < 1.29 is 52.8 Å². The summed E-state index contributed by atoms with van der Waals surface area (Å²) in [6, 6.07) is 11.8. The molecule has 0 saturated heterocycles. The van der Waals surface area contributed by atoms with E-state index in [1.54, 1.807) is 76.2 Å². The molecule has 0 aromatic heterocycles. The monoisotopic (exact) mass is 767 g/mol. The summed E-state index contributed by atoms with van der Waals surface area (Å²) in [5.41, 5.74) is 7.68. The number of aliphatic hydroxyl groups excluding tert-OH is 1. The van der Waals surface area contributed by atoms with E-state index in [4.69, 9.17) is 24.7 Å². The number of nitrogens with one attached hydrogen (secondary N) is 3. The highest BCUT2D eigenvalue weighted by molar-refractivity contribution is 6.32. The number of Topliss-reactive ketones (excluding diaryl/α,β-unsaturated/α-hetero) is 1. The van der Waals surface area contributed by atoms with Gasteiger partial charge in [-0.2, -0.15) is 0 Å². The van der Waals surface area contributed by atoms with Crippen molar-refractivity contribution in [2.75, 3.05) is 63.0 Å². The zero-order valence-electron chi connectivity index (χ0n) is 31.9. The molecule has 0 unspecified atom stereocenters. The Hall–Kier alpha value is -5.16. The van der Waals surface area contributed by atoms with Crippen LogP contribution in [0.5, 0.6) is 5.75 Å². The van der Waals surface area contributed by atoms with E-state index < -0.39 is 23.9 Å². The number of primary amides is 1. The second-order valence-electron chi connectivity index (χ2n) is 13.2. The first kappa shape index (κ1) is 44.2. The number of nitrogens with zero attached hydrogens (tertiary/aromatic N) is 1. The van der Waals surface area contributed by atoms with Crippen molar-refractivity contribution in [1.82, 2.24) is 10.6 Å². The minimum absolute atomic E-state index is 0.136. The van der Waals surface area contributed by atoms with Crippen LogP contribution < -0.4 is 31.3 Å². The first-order valence-corrected chi connectivity index (χ1v) is 18.2. The average molecular weight is 768 g/mol. The van der Waals surface area contributed by atoms with Crippen molar-refractivity contribution in [2.45, 2.75) is 59.6 Å². The number of ether oxygens (including phenoxy) is 4. The average Bonchev–Trinajstić information content (AvgIpc) is 3.35. The van der Waals surface area contributed by atoms with Crippen molar-refractivity contribution in [3.8, 4) is 5.75 Å². The van der Waals surface area contributed by atoms with Gasteiger partial charge in [0.25, 0.3) is 11.8 Å². The number of hydrogen-bond acceptors (Lipinski definition) is 11. The van der Waals surface area contributed by atoms with E-state index in [-0.39, 0.29) is 81.8 Å². The number of anilines is 2. The third-order valence-corrected chi connectivity index (χ3v) is 8.76. The molecule has 0 radical (unpaired) electrons. The summed E-state index contributed by atoms with van der Waals surface area (Å²) in [5.74, 6) is -2.28. The van der Waals surface area contributed by atoms with E-state index >= 15 is 0 Å². The normalized spacial score (nSPS) is 13.9. The molecule has 0 aliphatic carbocycles. The van der Waals surface area contributed by atoms with Gasteiger partial charge in [0, 0.05) is 35.7 Å². The number of benzene rings is 2. The molecule has 55 heavy (non-hydrogen) atoms. The fraction of sp³-hybridized carbons (Fsp3) is 0.487. The van der Waals surface area contributed by atoms with E-state index in [9.17, 15) is 33.9 Å². The molecule has 2 aromatic carbocycles. The van der Waals surface area contributed by atoms with Crippen LogP contribution in [0.1, 0.15) is 52.5 Å². The molecule has 16 nitrogen and oxygen atoms in total. The van der Waals surface area contributed by atoms with Gasteiger partial charge in [-0.05, 0) is 74.6 Å². The zero-order valence-corrected chi connectivity index (χ0v) is 31.9. The Bertz CT molecular complexity index is 1620. The third-order valence-electron chi connectivity index (χ3n) is 8.76.